The Balaban J connectivity index is 1.99. The Labute approximate surface area is 97.4 Å². The number of likely N-dealkylation sites (tertiary alicyclic amines) is 1. The lowest BCUT2D eigenvalue weighted by molar-refractivity contribution is 0.337. The molecule has 0 amide bonds. The summed E-state index contributed by atoms with van der Waals surface area (Å²) in [6, 6.07) is 0.580. The zero-order chi connectivity index (χ0) is 11.4. The van der Waals surface area contributed by atoms with E-state index in [2.05, 4.69) is 27.9 Å². The lowest BCUT2D eigenvalue weighted by Gasteiger charge is -2.15. The summed E-state index contributed by atoms with van der Waals surface area (Å²) in [4.78, 5) is 2.41. The molecule has 0 saturated carbocycles. The van der Waals surface area contributed by atoms with Crippen molar-refractivity contribution in [2.75, 3.05) is 26.7 Å². The number of nitrogens with two attached hydrogens (primary N) is 1. The number of hydrogen-bond acceptors (Lipinski definition) is 3. The van der Waals surface area contributed by atoms with Crippen LogP contribution in [0.3, 0.4) is 0 Å². The highest BCUT2D eigenvalue weighted by Crippen LogP contribution is 2.21. The van der Waals surface area contributed by atoms with Gasteiger partial charge >= 0.3 is 0 Å². The van der Waals surface area contributed by atoms with Crippen molar-refractivity contribution in [3.63, 3.8) is 0 Å². The van der Waals surface area contributed by atoms with Crippen molar-refractivity contribution in [3.05, 3.63) is 18.0 Å². The van der Waals surface area contributed by atoms with E-state index in [0.717, 1.165) is 6.42 Å². The lowest BCUT2D eigenvalue weighted by atomic mass is 10.1. The number of rotatable bonds is 3. The lowest BCUT2D eigenvalue weighted by Crippen LogP contribution is -2.19. The fraction of sp³-hybridized carbons (Fsp3) is 0.750. The minimum absolute atomic E-state index is 0.580. The summed E-state index contributed by atoms with van der Waals surface area (Å²) in [6.07, 6.45) is 8.79. The van der Waals surface area contributed by atoms with Crippen LogP contribution < -0.4 is 5.73 Å². The molecule has 2 heterocycles. The van der Waals surface area contributed by atoms with Crippen LogP contribution in [0.2, 0.25) is 0 Å². The normalized spacial score (nSPS) is 23.2. The summed E-state index contributed by atoms with van der Waals surface area (Å²) >= 11 is 0. The molecular formula is C12H22N4. The van der Waals surface area contributed by atoms with Crippen molar-refractivity contribution in [2.24, 2.45) is 5.73 Å². The summed E-state index contributed by atoms with van der Waals surface area (Å²) in [6.45, 7) is 3.10. The van der Waals surface area contributed by atoms with Gasteiger partial charge in [0.25, 0.3) is 0 Å². The van der Waals surface area contributed by atoms with Crippen LogP contribution in [0.1, 0.15) is 30.9 Å². The largest absolute Gasteiger partial charge is 0.330 e. The highest BCUT2D eigenvalue weighted by atomic mass is 15.3. The molecule has 1 aliphatic heterocycles. The van der Waals surface area contributed by atoms with Gasteiger partial charge in [0.05, 0.1) is 12.2 Å². The molecule has 90 valence electrons. The van der Waals surface area contributed by atoms with Crippen LogP contribution in [0.4, 0.5) is 0 Å². The monoisotopic (exact) mass is 222 g/mol. The summed E-state index contributed by atoms with van der Waals surface area (Å²) in [5.41, 5.74) is 6.81. The molecule has 1 saturated heterocycles. The van der Waals surface area contributed by atoms with Crippen molar-refractivity contribution < 1.29 is 0 Å². The van der Waals surface area contributed by atoms with Gasteiger partial charge in [-0.3, -0.25) is 4.68 Å². The maximum atomic E-state index is 5.55. The Morgan fingerprint density at radius 3 is 3.12 bits per heavy atom. The van der Waals surface area contributed by atoms with Gasteiger partial charge in [0, 0.05) is 6.20 Å². The van der Waals surface area contributed by atoms with Crippen molar-refractivity contribution in [1.29, 1.82) is 0 Å². The van der Waals surface area contributed by atoms with Gasteiger partial charge < -0.3 is 10.6 Å². The van der Waals surface area contributed by atoms with E-state index in [9.17, 15) is 0 Å². The highest BCUT2D eigenvalue weighted by Gasteiger charge is 2.16. The van der Waals surface area contributed by atoms with Crippen molar-refractivity contribution in [1.82, 2.24) is 14.7 Å². The molecule has 2 rings (SSSR count). The van der Waals surface area contributed by atoms with Crippen LogP contribution in [0.5, 0.6) is 0 Å². The van der Waals surface area contributed by atoms with E-state index in [-0.39, 0.29) is 0 Å². The van der Waals surface area contributed by atoms with Gasteiger partial charge in [-0.1, -0.05) is 0 Å². The first-order valence-corrected chi connectivity index (χ1v) is 6.21. The minimum atomic E-state index is 0.580. The Bertz CT molecular complexity index is 321. The fourth-order valence-corrected chi connectivity index (χ4v) is 2.36. The molecule has 0 aromatic carbocycles. The van der Waals surface area contributed by atoms with E-state index in [1.165, 1.54) is 37.9 Å². The Hall–Kier alpha value is -0.870. The molecule has 0 aliphatic carbocycles. The van der Waals surface area contributed by atoms with Gasteiger partial charge in [-0.05, 0) is 57.9 Å². The molecule has 0 bridgehead atoms. The molecule has 2 N–H and O–H groups in total. The van der Waals surface area contributed by atoms with E-state index >= 15 is 0 Å². The molecule has 0 spiro atoms. The Kier molecular flexibility index (Phi) is 3.96. The minimum Gasteiger partial charge on any atom is -0.330 e. The Morgan fingerprint density at radius 2 is 2.31 bits per heavy atom. The van der Waals surface area contributed by atoms with Crippen LogP contribution in [0, 0.1) is 0 Å². The van der Waals surface area contributed by atoms with Gasteiger partial charge in [-0.25, -0.2) is 0 Å². The molecule has 1 aromatic rings. The average Bonchev–Trinajstić information content (AvgIpc) is 2.62. The maximum Gasteiger partial charge on any atom is 0.0532 e. The van der Waals surface area contributed by atoms with E-state index in [4.69, 9.17) is 5.73 Å². The first-order chi connectivity index (χ1) is 7.79. The zero-order valence-electron chi connectivity index (χ0n) is 10.1. The third-order valence-electron chi connectivity index (χ3n) is 3.38. The Morgan fingerprint density at radius 1 is 1.44 bits per heavy atom. The van der Waals surface area contributed by atoms with Gasteiger partial charge in [-0.15, -0.1) is 0 Å². The molecular weight excluding hydrogens is 200 g/mol. The second-order valence-electron chi connectivity index (χ2n) is 4.76. The molecule has 16 heavy (non-hydrogen) atoms. The molecule has 4 nitrogen and oxygen atoms in total. The molecule has 1 unspecified atom stereocenters. The van der Waals surface area contributed by atoms with Gasteiger partial charge in [0.2, 0.25) is 0 Å². The van der Waals surface area contributed by atoms with Gasteiger partial charge in [0.1, 0.15) is 0 Å². The number of hydrogen-bond donors (Lipinski definition) is 1. The van der Waals surface area contributed by atoms with Crippen LogP contribution in [-0.4, -0.2) is 41.4 Å². The summed E-state index contributed by atoms with van der Waals surface area (Å²) in [7, 11) is 2.20. The topological polar surface area (TPSA) is 47.1 Å². The van der Waals surface area contributed by atoms with Crippen LogP contribution in [-0.2, 0) is 6.42 Å². The molecule has 1 aromatic heterocycles. The number of nitrogens with zero attached hydrogens (tertiary/aromatic N) is 3. The highest BCUT2D eigenvalue weighted by molar-refractivity contribution is 5.05. The first kappa shape index (κ1) is 11.6. The fourth-order valence-electron chi connectivity index (χ4n) is 2.36. The summed E-state index contributed by atoms with van der Waals surface area (Å²) < 4.78 is 2.14. The van der Waals surface area contributed by atoms with Crippen molar-refractivity contribution >= 4 is 0 Å². The molecule has 4 heteroatoms. The van der Waals surface area contributed by atoms with Crippen LogP contribution >= 0.6 is 0 Å². The molecule has 1 fully saturated rings. The van der Waals surface area contributed by atoms with Gasteiger partial charge in [0.15, 0.2) is 0 Å². The SMILES string of the molecule is CN1CCCC(n2cc(CCN)cn2)CC1. The predicted molar refractivity (Wildman–Crippen MR) is 65.4 cm³/mol. The van der Waals surface area contributed by atoms with Crippen LogP contribution in [0.25, 0.3) is 0 Å². The van der Waals surface area contributed by atoms with E-state index in [0.29, 0.717) is 12.6 Å². The van der Waals surface area contributed by atoms with Crippen LogP contribution in [0.15, 0.2) is 12.4 Å². The second-order valence-corrected chi connectivity index (χ2v) is 4.76. The standard InChI is InChI=1S/C12H22N4/c1-15-7-2-3-12(5-8-15)16-10-11(4-6-13)9-14-16/h9-10,12H,2-8,13H2,1H3. The van der Waals surface area contributed by atoms with E-state index in [1.807, 2.05) is 6.20 Å². The zero-order valence-corrected chi connectivity index (χ0v) is 10.1. The smallest absolute Gasteiger partial charge is 0.0532 e. The average molecular weight is 222 g/mol. The van der Waals surface area contributed by atoms with E-state index in [1.54, 1.807) is 0 Å². The molecule has 0 radical (unpaired) electrons. The molecule has 1 atom stereocenters. The maximum absolute atomic E-state index is 5.55. The third-order valence-corrected chi connectivity index (χ3v) is 3.38. The summed E-state index contributed by atoms with van der Waals surface area (Å²) in [5, 5.41) is 4.47. The van der Waals surface area contributed by atoms with Crippen molar-refractivity contribution in [2.45, 2.75) is 31.7 Å². The van der Waals surface area contributed by atoms with Gasteiger partial charge in [-0.2, -0.15) is 5.10 Å². The van der Waals surface area contributed by atoms with Crippen molar-refractivity contribution in [3.8, 4) is 0 Å². The summed E-state index contributed by atoms with van der Waals surface area (Å²) in [5.74, 6) is 0. The third kappa shape index (κ3) is 2.83. The quantitative estimate of drug-likeness (QED) is 0.831. The second kappa shape index (κ2) is 5.46. The first-order valence-electron chi connectivity index (χ1n) is 6.21. The number of aromatic nitrogens is 2. The molecule has 1 aliphatic rings. The van der Waals surface area contributed by atoms with E-state index < -0.39 is 0 Å². The predicted octanol–water partition coefficient (Wildman–Crippen LogP) is 1.04.